The van der Waals surface area contributed by atoms with E-state index in [2.05, 4.69) is 28.2 Å². The van der Waals surface area contributed by atoms with Crippen LogP contribution in [-0.4, -0.2) is 31.5 Å². The average Bonchev–Trinajstić information content (AvgIpc) is 2.45. The fourth-order valence-electron chi connectivity index (χ4n) is 1.76. The van der Waals surface area contributed by atoms with Crippen molar-refractivity contribution in [3.63, 3.8) is 0 Å². The predicted molar refractivity (Wildman–Crippen MR) is 79.5 cm³/mol. The molecule has 1 rings (SSSR count). The molecule has 0 aliphatic heterocycles. The van der Waals surface area contributed by atoms with E-state index in [1.807, 2.05) is 0 Å². The molecule has 4 nitrogen and oxygen atoms in total. The van der Waals surface area contributed by atoms with E-state index in [4.69, 9.17) is 9.47 Å². The Morgan fingerprint density at radius 3 is 2.53 bits per heavy atom. The standard InChI is InChI=1S/C14H20BrNO3/c1-4-11(7-8-15)16-14(17)10-5-6-12(18-2)13(9-10)19-3/h5-6,9,11H,4,7-8H2,1-3H3,(H,16,17). The van der Waals surface area contributed by atoms with Gasteiger partial charge in [0.25, 0.3) is 5.91 Å². The summed E-state index contributed by atoms with van der Waals surface area (Å²) < 4.78 is 10.3. The highest BCUT2D eigenvalue weighted by Gasteiger charge is 2.14. The summed E-state index contributed by atoms with van der Waals surface area (Å²) in [6.07, 6.45) is 1.82. The molecule has 0 spiro atoms. The Kier molecular flexibility index (Phi) is 6.70. The first-order chi connectivity index (χ1) is 9.15. The maximum atomic E-state index is 12.1. The second-order valence-corrected chi connectivity index (χ2v) is 4.92. The van der Waals surface area contributed by atoms with Crippen molar-refractivity contribution in [2.75, 3.05) is 19.5 Å². The summed E-state index contributed by atoms with van der Waals surface area (Å²) >= 11 is 3.39. The summed E-state index contributed by atoms with van der Waals surface area (Å²) in [7, 11) is 3.12. The van der Waals surface area contributed by atoms with Crippen LogP contribution in [0.4, 0.5) is 0 Å². The molecule has 106 valence electrons. The Morgan fingerprint density at radius 1 is 1.32 bits per heavy atom. The lowest BCUT2D eigenvalue weighted by molar-refractivity contribution is 0.0935. The number of carbonyl (C=O) groups is 1. The van der Waals surface area contributed by atoms with E-state index in [0.717, 1.165) is 18.2 Å². The van der Waals surface area contributed by atoms with Gasteiger partial charge in [0.15, 0.2) is 11.5 Å². The number of halogens is 1. The molecule has 0 aromatic heterocycles. The first-order valence-electron chi connectivity index (χ1n) is 6.25. The van der Waals surface area contributed by atoms with Gasteiger partial charge in [-0.05, 0) is 31.0 Å². The fourth-order valence-corrected chi connectivity index (χ4v) is 2.31. The molecule has 0 heterocycles. The molecule has 5 heteroatoms. The minimum absolute atomic E-state index is 0.0891. The molecule has 1 atom stereocenters. The van der Waals surface area contributed by atoms with Crippen LogP contribution < -0.4 is 14.8 Å². The SMILES string of the molecule is CCC(CCBr)NC(=O)c1ccc(OC)c(OC)c1. The lowest BCUT2D eigenvalue weighted by atomic mass is 10.1. The Labute approximate surface area is 122 Å². The van der Waals surface area contributed by atoms with Crippen LogP contribution in [0.2, 0.25) is 0 Å². The van der Waals surface area contributed by atoms with Crippen LogP contribution in [0.3, 0.4) is 0 Å². The van der Waals surface area contributed by atoms with Crippen LogP contribution in [0.15, 0.2) is 18.2 Å². The first-order valence-corrected chi connectivity index (χ1v) is 7.37. The number of ether oxygens (including phenoxy) is 2. The van der Waals surface area contributed by atoms with Crippen molar-refractivity contribution in [2.24, 2.45) is 0 Å². The molecular weight excluding hydrogens is 310 g/mol. The molecule has 1 amide bonds. The van der Waals surface area contributed by atoms with Crippen LogP contribution in [0.1, 0.15) is 30.1 Å². The van der Waals surface area contributed by atoms with E-state index in [1.54, 1.807) is 32.4 Å². The molecule has 1 aromatic rings. The molecule has 0 saturated heterocycles. The predicted octanol–water partition coefficient (Wildman–Crippen LogP) is 3.00. The van der Waals surface area contributed by atoms with Crippen molar-refractivity contribution in [1.29, 1.82) is 0 Å². The molecular formula is C14H20BrNO3. The van der Waals surface area contributed by atoms with Crippen molar-refractivity contribution in [3.05, 3.63) is 23.8 Å². The topological polar surface area (TPSA) is 47.6 Å². The molecule has 0 aliphatic rings. The molecule has 0 aliphatic carbocycles. The number of amides is 1. The van der Waals surface area contributed by atoms with Gasteiger partial charge in [0.1, 0.15) is 0 Å². The molecule has 0 radical (unpaired) electrons. The smallest absolute Gasteiger partial charge is 0.251 e. The quantitative estimate of drug-likeness (QED) is 0.782. The summed E-state index contributed by atoms with van der Waals surface area (Å²) in [5.74, 6) is 1.09. The highest BCUT2D eigenvalue weighted by Crippen LogP contribution is 2.27. The third-order valence-electron chi connectivity index (χ3n) is 2.93. The zero-order valence-corrected chi connectivity index (χ0v) is 13.1. The van der Waals surface area contributed by atoms with Crippen LogP contribution in [0.25, 0.3) is 0 Å². The average molecular weight is 330 g/mol. The van der Waals surface area contributed by atoms with E-state index >= 15 is 0 Å². The fraction of sp³-hybridized carbons (Fsp3) is 0.500. The Balaban J connectivity index is 2.82. The first kappa shape index (κ1) is 15.8. The number of methoxy groups -OCH3 is 2. The van der Waals surface area contributed by atoms with Gasteiger partial charge in [-0.1, -0.05) is 22.9 Å². The van der Waals surface area contributed by atoms with E-state index < -0.39 is 0 Å². The third kappa shape index (κ3) is 4.42. The Morgan fingerprint density at radius 2 is 2.00 bits per heavy atom. The van der Waals surface area contributed by atoms with E-state index in [9.17, 15) is 4.79 Å². The van der Waals surface area contributed by atoms with Crippen LogP contribution >= 0.6 is 15.9 Å². The molecule has 0 saturated carbocycles. The molecule has 19 heavy (non-hydrogen) atoms. The van der Waals surface area contributed by atoms with E-state index in [1.165, 1.54) is 0 Å². The highest BCUT2D eigenvalue weighted by molar-refractivity contribution is 9.09. The summed E-state index contributed by atoms with van der Waals surface area (Å²) in [5.41, 5.74) is 0.575. The zero-order valence-electron chi connectivity index (χ0n) is 11.5. The lowest BCUT2D eigenvalue weighted by Gasteiger charge is -2.16. The van der Waals surface area contributed by atoms with Gasteiger partial charge in [0.05, 0.1) is 14.2 Å². The highest BCUT2D eigenvalue weighted by atomic mass is 79.9. The normalized spacial score (nSPS) is 11.8. The molecule has 0 bridgehead atoms. The van der Waals surface area contributed by atoms with Gasteiger partial charge < -0.3 is 14.8 Å². The molecule has 1 aromatic carbocycles. The van der Waals surface area contributed by atoms with Crippen LogP contribution in [-0.2, 0) is 0 Å². The zero-order chi connectivity index (χ0) is 14.3. The molecule has 1 unspecified atom stereocenters. The van der Waals surface area contributed by atoms with Gasteiger partial charge in [-0.25, -0.2) is 0 Å². The van der Waals surface area contributed by atoms with Gasteiger partial charge in [-0.3, -0.25) is 4.79 Å². The number of nitrogens with one attached hydrogen (secondary N) is 1. The van der Waals surface area contributed by atoms with Crippen LogP contribution in [0.5, 0.6) is 11.5 Å². The van der Waals surface area contributed by atoms with Crippen molar-refractivity contribution in [2.45, 2.75) is 25.8 Å². The number of rotatable bonds is 7. The number of carbonyl (C=O) groups excluding carboxylic acids is 1. The number of alkyl halides is 1. The van der Waals surface area contributed by atoms with Crippen molar-refractivity contribution >= 4 is 21.8 Å². The van der Waals surface area contributed by atoms with Crippen LogP contribution in [0, 0.1) is 0 Å². The summed E-state index contributed by atoms with van der Waals surface area (Å²) in [6, 6.07) is 5.34. The maximum Gasteiger partial charge on any atom is 0.251 e. The Hall–Kier alpha value is -1.23. The summed E-state index contributed by atoms with van der Waals surface area (Å²) in [6.45, 7) is 2.06. The third-order valence-corrected chi connectivity index (χ3v) is 3.39. The largest absolute Gasteiger partial charge is 0.493 e. The van der Waals surface area contributed by atoms with Gasteiger partial charge >= 0.3 is 0 Å². The van der Waals surface area contributed by atoms with Gasteiger partial charge in [-0.2, -0.15) is 0 Å². The maximum absolute atomic E-state index is 12.1. The summed E-state index contributed by atoms with van der Waals surface area (Å²) in [5, 5.41) is 3.88. The second-order valence-electron chi connectivity index (χ2n) is 4.13. The van der Waals surface area contributed by atoms with Gasteiger partial charge in [-0.15, -0.1) is 0 Å². The molecule has 0 fully saturated rings. The number of benzene rings is 1. The minimum Gasteiger partial charge on any atom is -0.493 e. The van der Waals surface area contributed by atoms with E-state index in [0.29, 0.717) is 17.1 Å². The second kappa shape index (κ2) is 8.04. The number of hydrogen-bond donors (Lipinski definition) is 1. The molecule has 1 N–H and O–H groups in total. The Bertz CT molecular complexity index is 423. The number of hydrogen-bond acceptors (Lipinski definition) is 3. The lowest BCUT2D eigenvalue weighted by Crippen LogP contribution is -2.34. The summed E-state index contributed by atoms with van der Waals surface area (Å²) in [4.78, 5) is 12.1. The monoisotopic (exact) mass is 329 g/mol. The van der Waals surface area contributed by atoms with Gasteiger partial charge in [0.2, 0.25) is 0 Å². The van der Waals surface area contributed by atoms with E-state index in [-0.39, 0.29) is 11.9 Å². The van der Waals surface area contributed by atoms with Gasteiger partial charge in [0, 0.05) is 16.9 Å². The van der Waals surface area contributed by atoms with Crippen molar-refractivity contribution in [1.82, 2.24) is 5.32 Å². The van der Waals surface area contributed by atoms with Crippen molar-refractivity contribution < 1.29 is 14.3 Å². The van der Waals surface area contributed by atoms with Crippen molar-refractivity contribution in [3.8, 4) is 11.5 Å². The minimum atomic E-state index is -0.0891.